The van der Waals surface area contributed by atoms with E-state index in [1.807, 2.05) is 0 Å². The number of rotatable bonds is 6. The van der Waals surface area contributed by atoms with Gasteiger partial charge < -0.3 is 57.8 Å². The van der Waals surface area contributed by atoms with Gasteiger partial charge in [0, 0.05) is 0 Å². The molecule has 0 heterocycles. The van der Waals surface area contributed by atoms with E-state index >= 15 is 0 Å². The molecule has 0 radical (unpaired) electrons. The van der Waals surface area contributed by atoms with Crippen LogP contribution in [0.5, 0.6) is 0 Å². The SMILES string of the molecule is O=P([O-])([O-])C(O)P(=O)([O-])OCl.O=P([O-])([O-])C(O)P(=O)([O-])OCl.[O]=[U+2]=[O].[O]=[U+2]=[O].[O]=[U+2]=[O]. The molecule has 0 rings (SSSR count). The van der Waals surface area contributed by atoms with E-state index < -0.39 is 125 Å². The van der Waals surface area contributed by atoms with Gasteiger partial charge in [-0.1, -0.05) is 0 Å². The van der Waals surface area contributed by atoms with Crippen LogP contribution in [0.15, 0.2) is 0 Å². The molecule has 0 spiro atoms. The summed E-state index contributed by atoms with van der Waals surface area (Å²) in [6.45, 7) is 0. The van der Waals surface area contributed by atoms with Crippen LogP contribution in [0.2, 0.25) is 0 Å². The van der Waals surface area contributed by atoms with Crippen molar-refractivity contribution in [2.24, 2.45) is 0 Å². The van der Waals surface area contributed by atoms with Crippen LogP contribution in [-0.4, -0.2) is 21.4 Å². The molecule has 0 aromatic rings. The fourth-order valence-electron chi connectivity index (χ4n) is 0.418. The summed E-state index contributed by atoms with van der Waals surface area (Å²) in [4.78, 5) is 59.8. The number of hydrogen-bond donors (Lipinski definition) is 2. The van der Waals surface area contributed by atoms with Crippen LogP contribution < -0.4 is 29.4 Å². The van der Waals surface area contributed by atoms with E-state index in [1.165, 1.54) is 0 Å². The van der Waals surface area contributed by atoms with Gasteiger partial charge in [0.15, 0.2) is 15.2 Å². The van der Waals surface area contributed by atoms with Crippen molar-refractivity contribution < 1.29 is 163 Å². The zero-order valence-electron chi connectivity index (χ0n) is 13.4. The van der Waals surface area contributed by atoms with Gasteiger partial charge in [0.05, 0.1) is 23.7 Å². The Kier molecular flexibility index (Phi) is 33.3. The summed E-state index contributed by atoms with van der Waals surface area (Å²) in [6, 6.07) is 0. The Labute approximate surface area is 225 Å². The van der Waals surface area contributed by atoms with Crippen LogP contribution in [-0.2, 0) is 39.8 Å². The molecule has 0 saturated heterocycles. The summed E-state index contributed by atoms with van der Waals surface area (Å²) in [5.41, 5.74) is -6.26. The van der Waals surface area contributed by atoms with Crippen LogP contribution in [0, 0.1) is 83.5 Å². The van der Waals surface area contributed by atoms with Gasteiger partial charge in [0.25, 0.3) is 0 Å². The zero-order valence-corrected chi connectivity index (χ0v) is 31.0. The van der Waals surface area contributed by atoms with Crippen molar-refractivity contribution in [3.05, 3.63) is 0 Å². The van der Waals surface area contributed by atoms with Gasteiger partial charge in [-0.15, -0.1) is 0 Å². The summed E-state index contributed by atoms with van der Waals surface area (Å²) in [7, 11) is -21.7. The van der Waals surface area contributed by atoms with Crippen molar-refractivity contribution in [2.45, 2.75) is 11.2 Å². The van der Waals surface area contributed by atoms with Gasteiger partial charge in [0.1, 0.15) is 11.2 Å². The van der Waals surface area contributed by atoms with Crippen LogP contribution in [0.4, 0.5) is 0 Å². The van der Waals surface area contributed by atoms with Crippen molar-refractivity contribution in [3.63, 3.8) is 0 Å². The van der Waals surface area contributed by atoms with Gasteiger partial charge in [0.2, 0.25) is 0 Å². The topological polar surface area (TPSA) is 368 Å². The van der Waals surface area contributed by atoms with Gasteiger partial charge in [-0.3, -0.25) is 0 Å². The third-order valence-corrected chi connectivity index (χ3v) is 8.52. The molecular formula is C2H4Cl2O20P4U3. The maximum atomic E-state index is 10.2. The summed E-state index contributed by atoms with van der Waals surface area (Å²) in [5, 5.41) is 16.5. The number of aliphatic hydroxyl groups is 2. The van der Waals surface area contributed by atoms with Crippen molar-refractivity contribution >= 4 is 54.1 Å². The number of halogens is 2. The minimum atomic E-state index is -5.62. The van der Waals surface area contributed by atoms with Gasteiger partial charge in [-0.2, -0.15) is 0 Å². The average Bonchev–Trinajstić information content (AvgIpc) is 2.61. The fraction of sp³-hybridized carbons (Fsp3) is 1.00. The van der Waals surface area contributed by atoms with E-state index in [1.54, 1.807) is 0 Å². The Morgan fingerprint density at radius 1 is 0.581 bits per heavy atom. The quantitative estimate of drug-likeness (QED) is 0.235. The van der Waals surface area contributed by atoms with Crippen LogP contribution in [0.3, 0.4) is 0 Å². The van der Waals surface area contributed by atoms with Gasteiger partial charge >= 0.3 is 96.9 Å². The second kappa shape index (κ2) is 23.5. The summed E-state index contributed by atoms with van der Waals surface area (Å²) in [6.07, 6.45) is 0. The number of hydrogen-bond acceptors (Lipinski definition) is 20. The third kappa shape index (κ3) is 29.2. The predicted molar refractivity (Wildman–Crippen MR) is 60.4 cm³/mol. The van der Waals surface area contributed by atoms with E-state index in [2.05, 4.69) is 31.9 Å². The molecule has 0 aliphatic heterocycles. The Hall–Kier alpha value is 3.06. The molecular weight excluding hydrogens is 1250 g/mol. The molecule has 29 heteroatoms. The first-order valence-electron chi connectivity index (χ1n) is 5.27. The average molecular weight is 1260 g/mol. The van der Waals surface area contributed by atoms with Crippen molar-refractivity contribution in [3.8, 4) is 0 Å². The summed E-state index contributed by atoms with van der Waals surface area (Å²) < 4.78 is 97.7. The van der Waals surface area contributed by atoms with E-state index in [-0.39, 0.29) is 0 Å². The molecule has 178 valence electrons. The van der Waals surface area contributed by atoms with E-state index in [9.17, 15) is 47.6 Å². The molecule has 0 aromatic carbocycles. The molecule has 4 atom stereocenters. The molecule has 0 fully saturated rings. The normalized spacial score (nSPS) is 15.5. The van der Waals surface area contributed by atoms with Crippen LogP contribution in [0.25, 0.3) is 0 Å². The molecule has 2 N–H and O–H groups in total. The molecule has 0 saturated carbocycles. The Bertz CT molecular complexity index is 706. The summed E-state index contributed by atoms with van der Waals surface area (Å²) >= 11 is 1.00. The predicted octanol–water partition coefficient (Wildman–Crippen LogP) is -4.91. The standard InChI is InChI=1S/2CH5ClO7P2.6O.3U/c2*2-9-11(7,8)1(3)10(4,5)6;;;;;;;;;/h2*1,3H,(H,7,8)(H2,4,5,6);;;;;;;;;/q;;;;;;;;3*+2/p-6. The third-order valence-electron chi connectivity index (χ3n) is 1.32. The Morgan fingerprint density at radius 3 is 0.742 bits per heavy atom. The Morgan fingerprint density at radius 2 is 0.710 bits per heavy atom. The van der Waals surface area contributed by atoms with Crippen molar-refractivity contribution in [1.29, 1.82) is 0 Å². The monoisotopic (exact) mass is 1260 g/mol. The minimum absolute atomic E-state index is 2.51. The molecule has 31 heavy (non-hydrogen) atoms. The fourth-order valence-corrected chi connectivity index (χ4v) is 4.40. The molecule has 4 unspecified atom stereocenters. The summed E-state index contributed by atoms with van der Waals surface area (Å²) in [5.74, 6) is 0. The maximum absolute atomic E-state index is 10.2. The first-order valence-corrected chi connectivity index (χ1v) is 22.5. The van der Waals surface area contributed by atoms with E-state index in [0.717, 1.165) is 0 Å². The molecule has 0 bridgehead atoms. The van der Waals surface area contributed by atoms with Crippen molar-refractivity contribution in [2.75, 3.05) is 0 Å². The van der Waals surface area contributed by atoms with Crippen LogP contribution in [0.1, 0.15) is 0 Å². The number of aliphatic hydroxyl groups excluding tert-OH is 2. The first kappa shape index (κ1) is 44.1. The Balaban J connectivity index is -0.000000105. The van der Waals surface area contributed by atoms with E-state index in [4.69, 9.17) is 23.6 Å². The van der Waals surface area contributed by atoms with Gasteiger partial charge in [-0.25, -0.2) is 8.15 Å². The second-order valence-corrected chi connectivity index (χ2v) is 13.5. The first-order chi connectivity index (χ1) is 13.7. The molecule has 0 aromatic heterocycles. The molecule has 0 aliphatic carbocycles. The molecule has 0 amide bonds. The van der Waals surface area contributed by atoms with Gasteiger partial charge in [-0.05, 0) is 15.2 Å². The second-order valence-electron chi connectivity index (χ2n) is 3.24. The molecule has 20 nitrogen and oxygen atoms in total. The van der Waals surface area contributed by atoms with Crippen LogP contribution >= 0.6 is 54.1 Å². The van der Waals surface area contributed by atoms with Crippen molar-refractivity contribution in [1.82, 2.24) is 0 Å². The van der Waals surface area contributed by atoms with E-state index in [0.29, 0.717) is 0 Å². The molecule has 0 aliphatic rings. The zero-order chi connectivity index (χ0) is 26.7.